The van der Waals surface area contributed by atoms with Gasteiger partial charge >= 0.3 is 0 Å². The molecule has 3 rings (SSSR count). The van der Waals surface area contributed by atoms with Crippen LogP contribution in [0.15, 0.2) is 56.9 Å². The minimum absolute atomic E-state index is 0.112. The van der Waals surface area contributed by atoms with E-state index in [0.29, 0.717) is 33.2 Å². The molecule has 1 amide bonds. The van der Waals surface area contributed by atoms with Crippen molar-refractivity contribution in [3.8, 4) is 28.8 Å². The Balaban J connectivity index is 1.82. The van der Waals surface area contributed by atoms with Crippen molar-refractivity contribution in [2.45, 2.75) is 11.7 Å². The maximum atomic E-state index is 12.3. The van der Waals surface area contributed by atoms with E-state index in [1.54, 1.807) is 18.4 Å². The number of nitrogens with zero attached hydrogens (tertiary/aromatic N) is 2. The number of aromatic nitrogens is 2. The van der Waals surface area contributed by atoms with Crippen LogP contribution in [0.1, 0.15) is 11.1 Å². The monoisotopic (exact) mass is 514 g/mol. The molecular formula is C22H19BrN4O4S. The molecule has 0 aliphatic rings. The molecule has 10 heteroatoms. The predicted molar refractivity (Wildman–Crippen MR) is 125 cm³/mol. The Morgan fingerprint density at radius 1 is 1.28 bits per heavy atom. The number of benzene rings is 2. The summed E-state index contributed by atoms with van der Waals surface area (Å²) in [4.78, 5) is 31.4. The van der Waals surface area contributed by atoms with Crippen LogP contribution in [-0.2, 0) is 11.3 Å². The van der Waals surface area contributed by atoms with Crippen molar-refractivity contribution in [3.05, 3.63) is 68.4 Å². The molecule has 2 N–H and O–H groups in total. The quantitative estimate of drug-likeness (QED) is 0.348. The van der Waals surface area contributed by atoms with Gasteiger partial charge in [0, 0.05) is 16.6 Å². The molecule has 1 aromatic heterocycles. The second-order valence-electron chi connectivity index (χ2n) is 6.44. The van der Waals surface area contributed by atoms with Crippen LogP contribution in [0.2, 0.25) is 0 Å². The van der Waals surface area contributed by atoms with Gasteiger partial charge in [0.15, 0.2) is 23.3 Å². The highest BCUT2D eigenvalue weighted by Crippen LogP contribution is 2.38. The number of carbonyl (C=O) groups is 1. The summed E-state index contributed by atoms with van der Waals surface area (Å²) >= 11 is 4.70. The van der Waals surface area contributed by atoms with Crippen molar-refractivity contribution in [2.75, 3.05) is 20.0 Å². The lowest BCUT2D eigenvalue weighted by atomic mass is 10.1. The van der Waals surface area contributed by atoms with Gasteiger partial charge < -0.3 is 19.8 Å². The predicted octanol–water partition coefficient (Wildman–Crippen LogP) is 3.50. The van der Waals surface area contributed by atoms with Crippen molar-refractivity contribution in [3.63, 3.8) is 0 Å². The van der Waals surface area contributed by atoms with Crippen LogP contribution in [0, 0.1) is 11.3 Å². The maximum absolute atomic E-state index is 12.3. The van der Waals surface area contributed by atoms with Crippen molar-refractivity contribution < 1.29 is 14.3 Å². The summed E-state index contributed by atoms with van der Waals surface area (Å²) < 4.78 is 11.6. The number of thioether (sulfide) groups is 1. The van der Waals surface area contributed by atoms with E-state index in [1.807, 2.05) is 36.4 Å². The van der Waals surface area contributed by atoms with Crippen LogP contribution in [0.25, 0.3) is 11.3 Å². The number of hydrogen-bond donors (Lipinski definition) is 2. The van der Waals surface area contributed by atoms with E-state index in [2.05, 4.69) is 31.2 Å². The van der Waals surface area contributed by atoms with E-state index in [4.69, 9.17) is 9.47 Å². The van der Waals surface area contributed by atoms with Crippen molar-refractivity contribution >= 4 is 33.6 Å². The number of aromatic amines is 1. The number of ether oxygens (including phenoxy) is 2. The van der Waals surface area contributed by atoms with Crippen LogP contribution in [0.5, 0.6) is 11.5 Å². The number of carbonyl (C=O) groups excluding carboxylic acids is 1. The number of halogens is 1. The van der Waals surface area contributed by atoms with E-state index >= 15 is 0 Å². The summed E-state index contributed by atoms with van der Waals surface area (Å²) in [5.74, 6) is 0.367. The van der Waals surface area contributed by atoms with Gasteiger partial charge in [-0.1, -0.05) is 42.1 Å². The molecule has 32 heavy (non-hydrogen) atoms. The van der Waals surface area contributed by atoms with Crippen molar-refractivity contribution in [1.82, 2.24) is 15.3 Å². The SMILES string of the molecule is COc1cc(-c2nc(SC)[nH]c(=O)c2C#N)c(Br)cc1OCC(=O)NCc1ccccc1. The van der Waals surface area contributed by atoms with E-state index < -0.39 is 5.56 Å². The second-order valence-corrected chi connectivity index (χ2v) is 8.09. The average Bonchev–Trinajstić information content (AvgIpc) is 2.81. The zero-order valence-electron chi connectivity index (χ0n) is 17.3. The number of rotatable bonds is 8. The van der Waals surface area contributed by atoms with Crippen molar-refractivity contribution in [1.29, 1.82) is 5.26 Å². The summed E-state index contributed by atoms with van der Waals surface area (Å²) in [5, 5.41) is 12.6. The lowest BCUT2D eigenvalue weighted by Crippen LogP contribution is -2.28. The number of amides is 1. The van der Waals surface area contributed by atoms with Crippen LogP contribution in [-0.4, -0.2) is 35.8 Å². The molecule has 0 aliphatic carbocycles. The minimum atomic E-state index is -0.525. The zero-order valence-corrected chi connectivity index (χ0v) is 19.7. The molecule has 0 saturated carbocycles. The number of hydrogen-bond acceptors (Lipinski definition) is 7. The summed E-state index contributed by atoms with van der Waals surface area (Å²) in [6.07, 6.45) is 1.77. The first-order valence-electron chi connectivity index (χ1n) is 9.36. The molecule has 164 valence electrons. The normalized spacial score (nSPS) is 10.3. The van der Waals surface area contributed by atoms with E-state index in [9.17, 15) is 14.9 Å². The Hall–Kier alpha value is -3.29. The standard InChI is InChI=1S/C22H19BrN4O4S/c1-30-17-8-14(20-15(10-24)21(29)27-22(26-20)32-2)16(23)9-18(17)31-12-19(28)25-11-13-6-4-3-5-7-13/h3-9H,11-12H2,1-2H3,(H,25,28)(H,26,27,29). The first-order valence-corrected chi connectivity index (χ1v) is 11.4. The smallest absolute Gasteiger partial charge is 0.270 e. The number of H-pyrrole nitrogens is 1. The molecular weight excluding hydrogens is 496 g/mol. The summed E-state index contributed by atoms with van der Waals surface area (Å²) in [6.45, 7) is 0.185. The molecule has 0 atom stereocenters. The number of methoxy groups -OCH3 is 1. The Bertz CT molecular complexity index is 1230. The highest BCUT2D eigenvalue weighted by atomic mass is 79.9. The fourth-order valence-electron chi connectivity index (χ4n) is 2.83. The Morgan fingerprint density at radius 3 is 2.69 bits per heavy atom. The van der Waals surface area contributed by atoms with Crippen molar-refractivity contribution in [2.24, 2.45) is 0 Å². The van der Waals surface area contributed by atoms with Gasteiger partial charge in [0.1, 0.15) is 11.6 Å². The van der Waals surface area contributed by atoms with Gasteiger partial charge in [-0.15, -0.1) is 0 Å². The van der Waals surface area contributed by atoms with Gasteiger partial charge in [-0.3, -0.25) is 9.59 Å². The molecule has 0 fully saturated rings. The maximum Gasteiger partial charge on any atom is 0.270 e. The lowest BCUT2D eigenvalue weighted by Gasteiger charge is -2.14. The van der Waals surface area contributed by atoms with Gasteiger partial charge in [-0.25, -0.2) is 4.98 Å². The topological polar surface area (TPSA) is 117 Å². The van der Waals surface area contributed by atoms with Crippen LogP contribution < -0.4 is 20.3 Å². The Kier molecular flexibility index (Phi) is 7.92. The fourth-order valence-corrected chi connectivity index (χ4v) is 3.72. The summed E-state index contributed by atoms with van der Waals surface area (Å²) in [5.41, 5.74) is 1.05. The van der Waals surface area contributed by atoms with Gasteiger partial charge in [-0.05, 0) is 39.9 Å². The number of nitriles is 1. The van der Waals surface area contributed by atoms with Crippen LogP contribution >= 0.6 is 27.7 Å². The Morgan fingerprint density at radius 2 is 2.03 bits per heavy atom. The van der Waals surface area contributed by atoms with Gasteiger partial charge in [0.25, 0.3) is 11.5 Å². The van der Waals surface area contributed by atoms with Crippen LogP contribution in [0.4, 0.5) is 0 Å². The van der Waals surface area contributed by atoms with Gasteiger partial charge in [0.2, 0.25) is 0 Å². The third-order valence-electron chi connectivity index (χ3n) is 4.40. The molecule has 3 aromatic rings. The van der Waals surface area contributed by atoms with Crippen LogP contribution in [0.3, 0.4) is 0 Å². The molecule has 0 saturated heterocycles. The summed E-state index contributed by atoms with van der Waals surface area (Å²) in [7, 11) is 1.46. The van der Waals surface area contributed by atoms with E-state index in [0.717, 1.165) is 5.56 Å². The highest BCUT2D eigenvalue weighted by Gasteiger charge is 2.19. The Labute approximate surface area is 197 Å². The zero-order chi connectivity index (χ0) is 23.1. The fraction of sp³-hybridized carbons (Fsp3) is 0.182. The minimum Gasteiger partial charge on any atom is -0.493 e. The second kappa shape index (κ2) is 10.8. The third-order valence-corrected chi connectivity index (χ3v) is 5.64. The first-order chi connectivity index (χ1) is 15.5. The molecule has 0 unspecified atom stereocenters. The first kappa shape index (κ1) is 23.4. The van der Waals surface area contributed by atoms with Gasteiger partial charge in [0.05, 0.1) is 12.8 Å². The summed E-state index contributed by atoms with van der Waals surface area (Å²) in [6, 6.07) is 14.7. The third kappa shape index (κ3) is 5.49. The van der Waals surface area contributed by atoms with E-state index in [1.165, 1.54) is 18.9 Å². The molecule has 0 aliphatic heterocycles. The van der Waals surface area contributed by atoms with E-state index in [-0.39, 0.29) is 23.8 Å². The average molecular weight is 515 g/mol. The molecule has 0 bridgehead atoms. The van der Waals surface area contributed by atoms with Gasteiger partial charge in [-0.2, -0.15) is 5.26 Å². The number of nitrogens with one attached hydrogen (secondary N) is 2. The molecule has 1 heterocycles. The highest BCUT2D eigenvalue weighted by molar-refractivity contribution is 9.10. The molecule has 8 nitrogen and oxygen atoms in total. The largest absolute Gasteiger partial charge is 0.493 e. The molecule has 0 radical (unpaired) electrons. The molecule has 2 aromatic carbocycles. The molecule has 0 spiro atoms. The lowest BCUT2D eigenvalue weighted by molar-refractivity contribution is -0.123.